The lowest BCUT2D eigenvalue weighted by Gasteiger charge is -2.31. The first kappa shape index (κ1) is 7.56. The number of hydrogen-bond acceptors (Lipinski definition) is 2. The molecule has 2 fully saturated rings. The Hall–Kier alpha value is -0.0800. The smallest absolute Gasteiger partial charge is 0.0911 e. The van der Waals surface area contributed by atoms with Gasteiger partial charge in [-0.3, -0.25) is 0 Å². The van der Waals surface area contributed by atoms with E-state index in [1.807, 2.05) is 0 Å². The fraction of sp³-hybridized carbons (Fsp3) is 1.00. The predicted molar refractivity (Wildman–Crippen MR) is 42.1 cm³/mol. The van der Waals surface area contributed by atoms with Crippen LogP contribution in [0.15, 0.2) is 0 Å². The zero-order chi connectivity index (χ0) is 8.06. The minimum atomic E-state index is -0.703. The molecule has 0 aromatic heterocycles. The molecule has 2 aliphatic rings. The van der Waals surface area contributed by atoms with E-state index in [9.17, 15) is 10.2 Å². The molecule has 2 rings (SSSR count). The van der Waals surface area contributed by atoms with Gasteiger partial charge >= 0.3 is 0 Å². The Bertz CT molecular complexity index is 169. The van der Waals surface area contributed by atoms with Crippen LogP contribution in [0.4, 0.5) is 0 Å². The normalized spacial score (nSPS) is 55.4. The number of hydrogen-bond donors (Lipinski definition) is 2. The van der Waals surface area contributed by atoms with Gasteiger partial charge in [0, 0.05) is 0 Å². The van der Waals surface area contributed by atoms with Crippen LogP contribution in [0, 0.1) is 11.8 Å². The first-order valence-electron chi connectivity index (χ1n) is 4.58. The van der Waals surface area contributed by atoms with Crippen LogP contribution >= 0.6 is 0 Å². The Labute approximate surface area is 67.2 Å². The molecule has 0 aromatic carbocycles. The molecule has 0 aliphatic heterocycles. The molecule has 0 aromatic rings. The van der Waals surface area contributed by atoms with Crippen LogP contribution in [0.5, 0.6) is 0 Å². The Kier molecular flexibility index (Phi) is 1.52. The number of aliphatic hydroxyl groups excluding tert-OH is 1. The van der Waals surface area contributed by atoms with E-state index in [1.54, 1.807) is 0 Å². The van der Waals surface area contributed by atoms with Gasteiger partial charge in [0.25, 0.3) is 0 Å². The fourth-order valence-corrected chi connectivity index (χ4v) is 2.94. The monoisotopic (exact) mass is 156 g/mol. The molecule has 64 valence electrons. The number of aliphatic hydroxyl groups is 2. The quantitative estimate of drug-likeness (QED) is 0.592. The van der Waals surface area contributed by atoms with Crippen LogP contribution in [-0.4, -0.2) is 21.9 Å². The molecule has 2 aliphatic carbocycles. The summed E-state index contributed by atoms with van der Waals surface area (Å²) in [5, 5.41) is 19.6. The minimum Gasteiger partial charge on any atom is -0.390 e. The van der Waals surface area contributed by atoms with Crippen molar-refractivity contribution in [2.24, 2.45) is 11.8 Å². The third-order valence-electron chi connectivity index (χ3n) is 3.60. The molecular weight excluding hydrogens is 140 g/mol. The molecule has 11 heavy (non-hydrogen) atoms. The summed E-state index contributed by atoms with van der Waals surface area (Å²) in [6.45, 7) is 2.10. The van der Waals surface area contributed by atoms with Crippen LogP contribution in [0.1, 0.15) is 32.6 Å². The van der Waals surface area contributed by atoms with Crippen LogP contribution in [0.3, 0.4) is 0 Å². The van der Waals surface area contributed by atoms with Gasteiger partial charge in [-0.05, 0) is 31.1 Å². The molecule has 2 bridgehead atoms. The van der Waals surface area contributed by atoms with Gasteiger partial charge in [0.15, 0.2) is 0 Å². The SMILES string of the molecule is CCC1C2CCC(O)(C2)C1O. The van der Waals surface area contributed by atoms with Crippen molar-refractivity contribution in [3.05, 3.63) is 0 Å². The van der Waals surface area contributed by atoms with Gasteiger partial charge in [-0.1, -0.05) is 13.3 Å². The molecule has 2 saturated carbocycles. The second-order valence-electron chi connectivity index (χ2n) is 4.12. The lowest BCUT2D eigenvalue weighted by molar-refractivity contribution is -0.0779. The second kappa shape index (κ2) is 2.20. The maximum Gasteiger partial charge on any atom is 0.0911 e. The summed E-state index contributed by atoms with van der Waals surface area (Å²) in [5.41, 5.74) is -0.703. The highest BCUT2D eigenvalue weighted by Gasteiger charge is 2.55. The van der Waals surface area contributed by atoms with Gasteiger partial charge in [0.1, 0.15) is 0 Å². The second-order valence-corrected chi connectivity index (χ2v) is 4.12. The van der Waals surface area contributed by atoms with Gasteiger partial charge in [-0.2, -0.15) is 0 Å². The molecule has 2 heteroatoms. The summed E-state index contributed by atoms with van der Waals surface area (Å²) in [6, 6.07) is 0. The average molecular weight is 156 g/mol. The van der Waals surface area contributed by atoms with Crippen molar-refractivity contribution < 1.29 is 10.2 Å². The van der Waals surface area contributed by atoms with Crippen molar-refractivity contribution in [1.29, 1.82) is 0 Å². The van der Waals surface area contributed by atoms with Crippen LogP contribution in [0.2, 0.25) is 0 Å². The van der Waals surface area contributed by atoms with Gasteiger partial charge in [0.05, 0.1) is 11.7 Å². The highest BCUT2D eigenvalue weighted by atomic mass is 16.3. The first-order chi connectivity index (χ1) is 5.17. The zero-order valence-corrected chi connectivity index (χ0v) is 6.95. The molecule has 0 spiro atoms. The molecular formula is C9H16O2. The summed E-state index contributed by atoms with van der Waals surface area (Å²) in [7, 11) is 0. The third-order valence-corrected chi connectivity index (χ3v) is 3.60. The van der Waals surface area contributed by atoms with E-state index >= 15 is 0 Å². The third kappa shape index (κ3) is 0.859. The minimum absolute atomic E-state index is 0.369. The van der Waals surface area contributed by atoms with E-state index in [0.29, 0.717) is 11.8 Å². The highest BCUT2D eigenvalue weighted by molar-refractivity contribution is 5.06. The molecule has 0 radical (unpaired) electrons. The van der Waals surface area contributed by atoms with Gasteiger partial charge in [-0.25, -0.2) is 0 Å². The van der Waals surface area contributed by atoms with Gasteiger partial charge in [-0.15, -0.1) is 0 Å². The summed E-state index contributed by atoms with van der Waals surface area (Å²) >= 11 is 0. The molecule has 0 heterocycles. The summed E-state index contributed by atoms with van der Waals surface area (Å²) in [5.74, 6) is 0.966. The maximum absolute atomic E-state index is 9.86. The Morgan fingerprint density at radius 1 is 1.55 bits per heavy atom. The molecule has 0 saturated heterocycles. The van der Waals surface area contributed by atoms with E-state index in [-0.39, 0.29) is 0 Å². The van der Waals surface area contributed by atoms with E-state index in [0.717, 1.165) is 25.7 Å². The van der Waals surface area contributed by atoms with Crippen molar-refractivity contribution in [3.63, 3.8) is 0 Å². The maximum atomic E-state index is 9.86. The van der Waals surface area contributed by atoms with Crippen LogP contribution < -0.4 is 0 Å². The lowest BCUT2D eigenvalue weighted by Crippen LogP contribution is -2.41. The number of rotatable bonds is 1. The predicted octanol–water partition coefficient (Wildman–Crippen LogP) is 0.918. The highest BCUT2D eigenvalue weighted by Crippen LogP contribution is 2.52. The molecule has 0 amide bonds. The van der Waals surface area contributed by atoms with Crippen molar-refractivity contribution in [3.8, 4) is 0 Å². The first-order valence-corrected chi connectivity index (χ1v) is 4.58. The van der Waals surface area contributed by atoms with Gasteiger partial charge in [0.2, 0.25) is 0 Å². The lowest BCUT2D eigenvalue weighted by atomic mass is 9.83. The molecule has 4 atom stereocenters. The van der Waals surface area contributed by atoms with E-state index < -0.39 is 11.7 Å². The van der Waals surface area contributed by atoms with Crippen LogP contribution in [0.25, 0.3) is 0 Å². The summed E-state index contributed by atoms with van der Waals surface area (Å²) in [4.78, 5) is 0. The Balaban J connectivity index is 2.19. The molecule has 2 nitrogen and oxygen atoms in total. The molecule has 2 N–H and O–H groups in total. The van der Waals surface area contributed by atoms with Crippen molar-refractivity contribution >= 4 is 0 Å². The summed E-state index contributed by atoms with van der Waals surface area (Å²) < 4.78 is 0. The van der Waals surface area contributed by atoms with E-state index in [2.05, 4.69) is 6.92 Å². The summed E-state index contributed by atoms with van der Waals surface area (Å²) in [6.07, 6.45) is 3.34. The van der Waals surface area contributed by atoms with Gasteiger partial charge < -0.3 is 10.2 Å². The Morgan fingerprint density at radius 3 is 2.64 bits per heavy atom. The largest absolute Gasteiger partial charge is 0.390 e. The fourth-order valence-electron chi connectivity index (χ4n) is 2.94. The van der Waals surface area contributed by atoms with Crippen molar-refractivity contribution in [1.82, 2.24) is 0 Å². The number of fused-ring (bicyclic) bond motifs is 2. The van der Waals surface area contributed by atoms with Crippen molar-refractivity contribution in [2.75, 3.05) is 0 Å². The van der Waals surface area contributed by atoms with Crippen molar-refractivity contribution in [2.45, 2.75) is 44.3 Å². The standard InChI is InChI=1S/C9H16O2/c1-2-7-6-3-4-9(11,5-6)8(7)10/h6-8,10-11H,2-5H2,1H3. The van der Waals surface area contributed by atoms with E-state index in [1.165, 1.54) is 0 Å². The average Bonchev–Trinajstić information content (AvgIpc) is 2.43. The van der Waals surface area contributed by atoms with E-state index in [4.69, 9.17) is 0 Å². The topological polar surface area (TPSA) is 40.5 Å². The Morgan fingerprint density at radius 2 is 2.27 bits per heavy atom. The zero-order valence-electron chi connectivity index (χ0n) is 6.95. The molecule has 4 unspecified atom stereocenters. The van der Waals surface area contributed by atoms with Crippen LogP contribution in [-0.2, 0) is 0 Å².